The van der Waals surface area contributed by atoms with E-state index in [1.165, 1.54) is 12.1 Å². The van der Waals surface area contributed by atoms with Crippen LogP contribution in [-0.4, -0.2) is 31.5 Å². The summed E-state index contributed by atoms with van der Waals surface area (Å²) >= 11 is 0. The lowest BCUT2D eigenvalue weighted by Crippen LogP contribution is -2.24. The molecule has 1 aromatic carbocycles. The number of carbonyl (C=O) groups excluding carboxylic acids is 1. The third kappa shape index (κ3) is 7.25. The molecule has 1 atom stereocenters. The summed E-state index contributed by atoms with van der Waals surface area (Å²) in [5.74, 6) is 0.0793. The van der Waals surface area contributed by atoms with E-state index in [9.17, 15) is 17.6 Å². The molecule has 0 aliphatic heterocycles. The van der Waals surface area contributed by atoms with E-state index in [0.717, 1.165) is 49.1 Å². The van der Waals surface area contributed by atoms with E-state index >= 15 is 0 Å². The van der Waals surface area contributed by atoms with Crippen molar-refractivity contribution in [2.45, 2.75) is 71.3 Å². The largest absolute Gasteiger partial charge is 0.474 e. The normalized spacial score (nSPS) is 19.7. The summed E-state index contributed by atoms with van der Waals surface area (Å²) in [6.07, 6.45) is 6.21. The molecule has 180 valence electrons. The average Bonchev–Trinajstić information content (AvgIpc) is 2.74. The lowest BCUT2D eigenvalue weighted by Gasteiger charge is -2.27. The van der Waals surface area contributed by atoms with Crippen LogP contribution in [0.3, 0.4) is 0 Å². The Morgan fingerprint density at radius 1 is 1.21 bits per heavy atom. The van der Waals surface area contributed by atoms with Crippen molar-refractivity contribution in [3.05, 3.63) is 53.0 Å². The number of ketones is 1. The summed E-state index contributed by atoms with van der Waals surface area (Å²) in [7, 11) is -3.58. The maximum Gasteiger partial charge on any atom is 0.229 e. The van der Waals surface area contributed by atoms with Gasteiger partial charge in [-0.25, -0.2) is 17.8 Å². The number of benzene rings is 1. The highest BCUT2D eigenvalue weighted by Crippen LogP contribution is 2.29. The molecule has 33 heavy (non-hydrogen) atoms. The van der Waals surface area contributed by atoms with Crippen molar-refractivity contribution in [3.8, 4) is 5.88 Å². The topological polar surface area (TPSA) is 85.4 Å². The maximum atomic E-state index is 14.3. The molecule has 2 aromatic rings. The van der Waals surface area contributed by atoms with Gasteiger partial charge < -0.3 is 4.74 Å². The first kappa shape index (κ1) is 25.1. The van der Waals surface area contributed by atoms with Crippen molar-refractivity contribution in [2.24, 2.45) is 5.92 Å². The van der Waals surface area contributed by atoms with Crippen LogP contribution in [0, 0.1) is 18.7 Å². The van der Waals surface area contributed by atoms with Crippen molar-refractivity contribution in [3.63, 3.8) is 0 Å². The van der Waals surface area contributed by atoms with E-state index in [-0.39, 0.29) is 24.0 Å². The molecule has 1 heterocycles. The van der Waals surface area contributed by atoms with Crippen LogP contribution in [0.1, 0.15) is 68.7 Å². The van der Waals surface area contributed by atoms with Gasteiger partial charge in [-0.3, -0.25) is 9.52 Å². The lowest BCUT2D eigenvalue weighted by molar-refractivity contribution is -0.120. The monoisotopic (exact) mass is 476 g/mol. The zero-order valence-corrected chi connectivity index (χ0v) is 20.5. The first-order valence-corrected chi connectivity index (χ1v) is 13.3. The van der Waals surface area contributed by atoms with Crippen molar-refractivity contribution < 1.29 is 22.3 Å². The fraction of sp³-hybridized carbons (Fsp3) is 0.520. The first-order chi connectivity index (χ1) is 15.5. The average molecular weight is 477 g/mol. The number of aryl methyl sites for hydroxylation is 2. The third-order valence-corrected chi connectivity index (χ3v) is 6.82. The highest BCUT2D eigenvalue weighted by atomic mass is 32.2. The van der Waals surface area contributed by atoms with Gasteiger partial charge in [0.1, 0.15) is 17.7 Å². The molecular weight excluding hydrogens is 443 g/mol. The van der Waals surface area contributed by atoms with Gasteiger partial charge in [-0.05, 0) is 68.7 Å². The van der Waals surface area contributed by atoms with Gasteiger partial charge in [0.2, 0.25) is 15.9 Å². The molecule has 6 nitrogen and oxygen atoms in total. The molecule has 1 fully saturated rings. The lowest BCUT2D eigenvalue weighted by atomic mass is 9.89. The van der Waals surface area contributed by atoms with Crippen LogP contribution < -0.4 is 9.46 Å². The number of sulfonamides is 1. The van der Waals surface area contributed by atoms with Gasteiger partial charge >= 0.3 is 0 Å². The Kier molecular flexibility index (Phi) is 8.10. The van der Waals surface area contributed by atoms with Crippen LogP contribution in [0.4, 0.5) is 10.1 Å². The quantitative estimate of drug-likeness (QED) is 0.540. The molecule has 1 saturated carbocycles. The minimum absolute atomic E-state index is 0.0313. The van der Waals surface area contributed by atoms with Gasteiger partial charge in [-0.1, -0.05) is 26.0 Å². The first-order valence-electron chi connectivity index (χ1n) is 11.4. The predicted octanol–water partition coefficient (Wildman–Crippen LogP) is 5.16. The summed E-state index contributed by atoms with van der Waals surface area (Å²) in [5.41, 5.74) is 2.14. The Morgan fingerprint density at radius 2 is 1.91 bits per heavy atom. The fourth-order valence-corrected chi connectivity index (χ4v) is 4.67. The van der Waals surface area contributed by atoms with Crippen LogP contribution in [0.5, 0.6) is 5.88 Å². The van der Waals surface area contributed by atoms with Gasteiger partial charge in [0.15, 0.2) is 0 Å². The highest BCUT2D eigenvalue weighted by molar-refractivity contribution is 7.92. The molecule has 1 aromatic heterocycles. The van der Waals surface area contributed by atoms with Crippen molar-refractivity contribution >= 4 is 21.5 Å². The summed E-state index contributed by atoms with van der Waals surface area (Å²) in [5, 5.41) is 0. The number of carbonyl (C=O) groups is 1. The standard InChI is InChI=1S/C25H33FN2O4S/c1-16-5-11-21(12-6-16)32-25-19(8-7-17(2)27-25)10-14-24(29)18(3)20-9-13-23(22(26)15-20)28-33(4,30)31/h7-9,13,15-16,18,21,28H,5-6,10-12,14H2,1-4H3. The van der Waals surface area contributed by atoms with E-state index < -0.39 is 21.8 Å². The summed E-state index contributed by atoms with van der Waals surface area (Å²) in [6, 6.07) is 8.01. The summed E-state index contributed by atoms with van der Waals surface area (Å²) in [4.78, 5) is 17.4. The number of ether oxygens (including phenoxy) is 1. The minimum atomic E-state index is -3.58. The molecule has 0 spiro atoms. The second kappa shape index (κ2) is 10.6. The van der Waals surface area contributed by atoms with E-state index in [2.05, 4.69) is 16.6 Å². The number of hydrogen-bond acceptors (Lipinski definition) is 5. The maximum absolute atomic E-state index is 14.3. The molecule has 0 saturated heterocycles. The molecule has 8 heteroatoms. The van der Waals surface area contributed by atoms with Gasteiger partial charge in [0, 0.05) is 23.6 Å². The Bertz CT molecular complexity index is 1100. The van der Waals surface area contributed by atoms with Crippen LogP contribution in [-0.2, 0) is 21.2 Å². The molecule has 0 bridgehead atoms. The van der Waals surface area contributed by atoms with E-state index in [1.54, 1.807) is 13.0 Å². The van der Waals surface area contributed by atoms with Gasteiger partial charge in [0.25, 0.3) is 0 Å². The van der Waals surface area contributed by atoms with Crippen LogP contribution in [0.15, 0.2) is 30.3 Å². The van der Waals surface area contributed by atoms with E-state index in [1.807, 2.05) is 19.1 Å². The Hall–Kier alpha value is -2.48. The minimum Gasteiger partial charge on any atom is -0.474 e. The number of nitrogens with one attached hydrogen (secondary N) is 1. The van der Waals surface area contributed by atoms with E-state index in [4.69, 9.17) is 4.74 Å². The SMILES string of the molecule is Cc1ccc(CCC(=O)C(C)c2ccc(NS(C)(=O)=O)c(F)c2)c(OC2CCC(C)CC2)n1. The molecular formula is C25H33FN2O4S. The molecule has 0 amide bonds. The number of anilines is 1. The summed E-state index contributed by atoms with van der Waals surface area (Å²) < 4.78 is 45.4. The number of Topliss-reactive ketones (excluding diaryl/α,β-unsaturated/α-hetero) is 1. The van der Waals surface area contributed by atoms with Crippen molar-refractivity contribution in [1.82, 2.24) is 4.98 Å². The number of pyridine rings is 1. The Morgan fingerprint density at radius 3 is 2.55 bits per heavy atom. The predicted molar refractivity (Wildman–Crippen MR) is 128 cm³/mol. The second-order valence-electron chi connectivity index (χ2n) is 9.22. The number of halogens is 1. The highest BCUT2D eigenvalue weighted by Gasteiger charge is 2.22. The molecule has 0 radical (unpaired) electrons. The molecule has 1 unspecified atom stereocenters. The van der Waals surface area contributed by atoms with E-state index in [0.29, 0.717) is 17.9 Å². The molecule has 1 aliphatic carbocycles. The molecule has 1 N–H and O–H groups in total. The summed E-state index contributed by atoms with van der Waals surface area (Å²) in [6.45, 7) is 5.92. The van der Waals surface area contributed by atoms with Gasteiger partial charge in [-0.15, -0.1) is 0 Å². The Labute approximate surface area is 196 Å². The number of rotatable bonds is 9. The number of nitrogens with zero attached hydrogens (tertiary/aromatic N) is 1. The van der Waals surface area contributed by atoms with Crippen LogP contribution in [0.2, 0.25) is 0 Å². The zero-order chi connectivity index (χ0) is 24.2. The van der Waals surface area contributed by atoms with Crippen molar-refractivity contribution in [1.29, 1.82) is 0 Å². The van der Waals surface area contributed by atoms with Gasteiger partial charge in [0.05, 0.1) is 11.9 Å². The Balaban J connectivity index is 1.65. The van der Waals surface area contributed by atoms with Gasteiger partial charge in [-0.2, -0.15) is 0 Å². The fourth-order valence-electron chi connectivity index (χ4n) is 4.10. The van der Waals surface area contributed by atoms with Crippen molar-refractivity contribution in [2.75, 3.05) is 11.0 Å². The molecule has 1 aliphatic rings. The third-order valence-electron chi connectivity index (χ3n) is 6.23. The van der Waals surface area contributed by atoms with Crippen LogP contribution in [0.25, 0.3) is 0 Å². The zero-order valence-electron chi connectivity index (χ0n) is 19.7. The second-order valence-corrected chi connectivity index (χ2v) is 11.0. The molecule has 3 rings (SSSR count). The number of aromatic nitrogens is 1. The van der Waals surface area contributed by atoms with Crippen LogP contribution >= 0.6 is 0 Å². The number of hydrogen-bond donors (Lipinski definition) is 1. The smallest absolute Gasteiger partial charge is 0.229 e.